The van der Waals surface area contributed by atoms with Crippen LogP contribution in [0.15, 0.2) is 12.3 Å². The van der Waals surface area contributed by atoms with Gasteiger partial charge in [0, 0.05) is 18.7 Å². The monoisotopic (exact) mass is 183 g/mol. The van der Waals surface area contributed by atoms with E-state index in [-0.39, 0.29) is 11.8 Å². The van der Waals surface area contributed by atoms with Crippen molar-refractivity contribution >= 4 is 11.9 Å². The van der Waals surface area contributed by atoms with Crippen LogP contribution in [-0.4, -0.2) is 29.9 Å². The lowest BCUT2D eigenvalue weighted by Gasteiger charge is -2.28. The SMILES string of the molecule is CC[C@@H]1CC(=O)C=CN1C(=O)OC. The summed E-state index contributed by atoms with van der Waals surface area (Å²) in [6.45, 7) is 1.94. The van der Waals surface area contributed by atoms with Crippen LogP contribution in [0.25, 0.3) is 0 Å². The van der Waals surface area contributed by atoms with Crippen molar-refractivity contribution in [2.75, 3.05) is 7.11 Å². The molecular formula is C9H13NO3. The molecule has 0 radical (unpaired) electrons. The number of methoxy groups -OCH3 is 1. The van der Waals surface area contributed by atoms with Crippen LogP contribution in [0, 0.1) is 0 Å². The zero-order valence-electron chi connectivity index (χ0n) is 7.82. The van der Waals surface area contributed by atoms with Gasteiger partial charge in [-0.05, 0) is 12.5 Å². The molecular weight excluding hydrogens is 170 g/mol. The molecule has 0 spiro atoms. The summed E-state index contributed by atoms with van der Waals surface area (Å²) in [6.07, 6.45) is 3.64. The molecule has 0 bridgehead atoms. The molecule has 4 heteroatoms. The zero-order chi connectivity index (χ0) is 9.84. The Hall–Kier alpha value is -1.32. The Morgan fingerprint density at radius 2 is 2.46 bits per heavy atom. The van der Waals surface area contributed by atoms with E-state index in [4.69, 9.17) is 0 Å². The highest BCUT2D eigenvalue weighted by Gasteiger charge is 2.25. The highest BCUT2D eigenvalue weighted by atomic mass is 16.5. The molecule has 0 unspecified atom stereocenters. The summed E-state index contributed by atoms with van der Waals surface area (Å²) in [4.78, 5) is 23.7. The summed E-state index contributed by atoms with van der Waals surface area (Å²) in [5.41, 5.74) is 0. The predicted molar refractivity (Wildman–Crippen MR) is 47.1 cm³/mol. The average Bonchev–Trinajstić information content (AvgIpc) is 2.16. The lowest BCUT2D eigenvalue weighted by Crippen LogP contribution is -2.39. The summed E-state index contributed by atoms with van der Waals surface area (Å²) in [5.74, 6) is 0.0620. The first-order valence-electron chi connectivity index (χ1n) is 4.26. The molecule has 1 amide bonds. The molecule has 0 saturated carbocycles. The number of carbonyl (C=O) groups is 2. The molecule has 1 aliphatic rings. The number of carbonyl (C=O) groups excluding carboxylic acids is 2. The first kappa shape index (κ1) is 9.77. The first-order valence-corrected chi connectivity index (χ1v) is 4.26. The second-order valence-corrected chi connectivity index (χ2v) is 2.93. The van der Waals surface area contributed by atoms with Crippen molar-refractivity contribution in [1.82, 2.24) is 4.90 Å². The highest BCUT2D eigenvalue weighted by molar-refractivity contribution is 5.92. The van der Waals surface area contributed by atoms with Crippen LogP contribution in [-0.2, 0) is 9.53 Å². The van der Waals surface area contributed by atoms with Gasteiger partial charge in [0.1, 0.15) is 0 Å². The maximum atomic E-state index is 11.2. The number of ether oxygens (including phenoxy) is 1. The summed E-state index contributed by atoms with van der Waals surface area (Å²) in [5, 5.41) is 0. The Balaban J connectivity index is 2.76. The number of amides is 1. The predicted octanol–water partition coefficient (Wildman–Crippen LogP) is 1.32. The Labute approximate surface area is 77.2 Å². The van der Waals surface area contributed by atoms with Gasteiger partial charge in [-0.15, -0.1) is 0 Å². The van der Waals surface area contributed by atoms with Gasteiger partial charge in [-0.1, -0.05) is 6.92 Å². The van der Waals surface area contributed by atoms with Crippen LogP contribution in [0.1, 0.15) is 19.8 Å². The van der Waals surface area contributed by atoms with Crippen molar-refractivity contribution in [3.63, 3.8) is 0 Å². The fourth-order valence-corrected chi connectivity index (χ4v) is 1.34. The molecule has 0 aromatic carbocycles. The molecule has 0 fully saturated rings. The third-order valence-corrected chi connectivity index (χ3v) is 2.11. The second kappa shape index (κ2) is 4.07. The molecule has 13 heavy (non-hydrogen) atoms. The largest absolute Gasteiger partial charge is 0.452 e. The molecule has 1 atom stereocenters. The van der Waals surface area contributed by atoms with Crippen LogP contribution in [0.5, 0.6) is 0 Å². The Kier molecular flexibility index (Phi) is 3.06. The van der Waals surface area contributed by atoms with Crippen LogP contribution in [0.2, 0.25) is 0 Å². The number of hydrogen-bond donors (Lipinski definition) is 0. The van der Waals surface area contributed by atoms with Gasteiger partial charge in [-0.25, -0.2) is 4.79 Å². The van der Waals surface area contributed by atoms with Crippen LogP contribution in [0.4, 0.5) is 4.79 Å². The van der Waals surface area contributed by atoms with E-state index in [1.165, 1.54) is 24.3 Å². The highest BCUT2D eigenvalue weighted by Crippen LogP contribution is 2.16. The fraction of sp³-hybridized carbons (Fsp3) is 0.556. The standard InChI is InChI=1S/C9H13NO3/c1-3-7-6-8(11)4-5-10(7)9(12)13-2/h4-5,7H,3,6H2,1-2H3/t7-/m1/s1. The van der Waals surface area contributed by atoms with Gasteiger partial charge in [-0.3, -0.25) is 9.69 Å². The average molecular weight is 183 g/mol. The van der Waals surface area contributed by atoms with Gasteiger partial charge in [0.15, 0.2) is 5.78 Å². The van der Waals surface area contributed by atoms with E-state index in [0.29, 0.717) is 6.42 Å². The molecule has 0 aromatic heterocycles. The molecule has 0 N–H and O–H groups in total. The summed E-state index contributed by atoms with van der Waals surface area (Å²) in [6, 6.07) is -0.0510. The number of allylic oxidation sites excluding steroid dienone is 1. The molecule has 1 heterocycles. The lowest BCUT2D eigenvalue weighted by molar-refractivity contribution is -0.116. The third-order valence-electron chi connectivity index (χ3n) is 2.11. The van der Waals surface area contributed by atoms with Crippen molar-refractivity contribution in [3.8, 4) is 0 Å². The number of nitrogens with zero attached hydrogens (tertiary/aromatic N) is 1. The summed E-state index contributed by atoms with van der Waals surface area (Å²) < 4.78 is 4.58. The summed E-state index contributed by atoms with van der Waals surface area (Å²) in [7, 11) is 1.33. The van der Waals surface area contributed by atoms with Gasteiger partial charge in [0.05, 0.1) is 7.11 Å². The van der Waals surface area contributed by atoms with E-state index in [2.05, 4.69) is 4.74 Å². The molecule has 4 nitrogen and oxygen atoms in total. The molecule has 0 aliphatic carbocycles. The van der Waals surface area contributed by atoms with Crippen LogP contribution >= 0.6 is 0 Å². The molecule has 1 aliphatic heterocycles. The van der Waals surface area contributed by atoms with Gasteiger partial charge in [0.2, 0.25) is 0 Å². The van der Waals surface area contributed by atoms with Crippen LogP contribution in [0.3, 0.4) is 0 Å². The van der Waals surface area contributed by atoms with E-state index in [1.54, 1.807) is 0 Å². The second-order valence-electron chi connectivity index (χ2n) is 2.93. The van der Waals surface area contributed by atoms with Crippen molar-refractivity contribution in [2.45, 2.75) is 25.8 Å². The molecule has 0 aromatic rings. The van der Waals surface area contributed by atoms with E-state index in [9.17, 15) is 9.59 Å². The van der Waals surface area contributed by atoms with Gasteiger partial charge in [-0.2, -0.15) is 0 Å². The third kappa shape index (κ3) is 2.08. The van der Waals surface area contributed by atoms with Crippen molar-refractivity contribution < 1.29 is 14.3 Å². The first-order chi connectivity index (χ1) is 6.19. The minimum Gasteiger partial charge on any atom is -0.452 e. The lowest BCUT2D eigenvalue weighted by atomic mass is 10.0. The topological polar surface area (TPSA) is 46.6 Å². The molecule has 72 valence electrons. The maximum absolute atomic E-state index is 11.2. The molecule has 1 rings (SSSR count). The zero-order valence-corrected chi connectivity index (χ0v) is 7.82. The Morgan fingerprint density at radius 1 is 1.77 bits per heavy atom. The Bertz CT molecular complexity index is 247. The maximum Gasteiger partial charge on any atom is 0.413 e. The summed E-state index contributed by atoms with van der Waals surface area (Å²) >= 11 is 0. The minimum atomic E-state index is -0.407. The normalized spacial score (nSPS) is 21.8. The number of ketones is 1. The van der Waals surface area contributed by atoms with E-state index in [0.717, 1.165) is 6.42 Å². The van der Waals surface area contributed by atoms with Crippen molar-refractivity contribution in [2.24, 2.45) is 0 Å². The van der Waals surface area contributed by atoms with E-state index in [1.807, 2.05) is 6.92 Å². The van der Waals surface area contributed by atoms with Crippen molar-refractivity contribution in [3.05, 3.63) is 12.3 Å². The smallest absolute Gasteiger partial charge is 0.413 e. The van der Waals surface area contributed by atoms with E-state index < -0.39 is 6.09 Å². The minimum absolute atomic E-state index is 0.0510. The Morgan fingerprint density at radius 3 is 3.00 bits per heavy atom. The molecule has 0 saturated heterocycles. The fourth-order valence-electron chi connectivity index (χ4n) is 1.34. The van der Waals surface area contributed by atoms with Crippen molar-refractivity contribution in [1.29, 1.82) is 0 Å². The van der Waals surface area contributed by atoms with Gasteiger partial charge < -0.3 is 4.74 Å². The van der Waals surface area contributed by atoms with Gasteiger partial charge in [0.25, 0.3) is 0 Å². The van der Waals surface area contributed by atoms with E-state index >= 15 is 0 Å². The number of hydrogen-bond acceptors (Lipinski definition) is 3. The van der Waals surface area contributed by atoms with Gasteiger partial charge >= 0.3 is 6.09 Å². The number of rotatable bonds is 1. The van der Waals surface area contributed by atoms with Crippen LogP contribution < -0.4 is 0 Å². The quantitative estimate of drug-likeness (QED) is 0.616.